The molecular weight excluding hydrogens is 248 g/mol. The zero-order valence-corrected chi connectivity index (χ0v) is 12.2. The molecule has 1 fully saturated rings. The molecule has 1 aliphatic carbocycles. The minimum atomic E-state index is 0.787. The van der Waals surface area contributed by atoms with Gasteiger partial charge in [-0.2, -0.15) is 5.10 Å². The van der Waals surface area contributed by atoms with Crippen LogP contribution in [-0.4, -0.2) is 16.7 Å². The van der Waals surface area contributed by atoms with Gasteiger partial charge >= 0.3 is 0 Å². The van der Waals surface area contributed by atoms with E-state index in [9.17, 15) is 0 Å². The Balaban J connectivity index is 1.61. The molecule has 0 atom stereocenters. The molecule has 0 unspecified atom stereocenters. The molecule has 2 aromatic rings. The molecule has 0 amide bonds. The van der Waals surface area contributed by atoms with E-state index >= 15 is 0 Å². The molecule has 4 N–H and O–H groups in total. The lowest BCUT2D eigenvalue weighted by Gasteiger charge is -2.28. The van der Waals surface area contributed by atoms with E-state index in [-0.39, 0.29) is 0 Å². The van der Waals surface area contributed by atoms with Crippen molar-refractivity contribution in [1.82, 2.24) is 10.2 Å². The van der Waals surface area contributed by atoms with Crippen molar-refractivity contribution in [2.75, 3.05) is 17.6 Å². The molecule has 20 heavy (non-hydrogen) atoms. The number of nitrogens with zero attached hydrogens (tertiary/aromatic N) is 1. The minimum absolute atomic E-state index is 0.787. The van der Waals surface area contributed by atoms with Crippen molar-refractivity contribution >= 4 is 22.3 Å². The third kappa shape index (κ3) is 2.74. The molecule has 108 valence electrons. The van der Waals surface area contributed by atoms with Gasteiger partial charge in [-0.3, -0.25) is 5.10 Å². The number of fused-ring (bicyclic) bond motifs is 1. The molecular formula is C16H24N4. The predicted octanol–water partition coefficient (Wildman–Crippen LogP) is 3.77. The summed E-state index contributed by atoms with van der Waals surface area (Å²) in [5.74, 6) is 1.74. The van der Waals surface area contributed by atoms with Gasteiger partial charge in [0.2, 0.25) is 0 Å². The highest BCUT2D eigenvalue weighted by Gasteiger charge is 2.19. The van der Waals surface area contributed by atoms with Crippen molar-refractivity contribution in [3.05, 3.63) is 18.3 Å². The third-order valence-electron chi connectivity index (χ3n) is 4.74. The van der Waals surface area contributed by atoms with Crippen molar-refractivity contribution in [1.29, 1.82) is 0 Å². The number of nitrogens with two attached hydrogens (primary N) is 1. The Morgan fingerprint density at radius 1 is 1.25 bits per heavy atom. The Morgan fingerprint density at radius 3 is 2.75 bits per heavy atom. The number of nitrogen functional groups attached to an aromatic ring is 1. The fourth-order valence-corrected chi connectivity index (χ4v) is 3.26. The van der Waals surface area contributed by atoms with Gasteiger partial charge < -0.3 is 11.1 Å². The van der Waals surface area contributed by atoms with E-state index in [0.717, 1.165) is 40.7 Å². The lowest BCUT2D eigenvalue weighted by atomic mass is 9.81. The van der Waals surface area contributed by atoms with Crippen LogP contribution in [0.2, 0.25) is 0 Å². The summed E-state index contributed by atoms with van der Waals surface area (Å²) in [5.41, 5.74) is 8.97. The van der Waals surface area contributed by atoms with E-state index in [1.54, 1.807) is 0 Å². The highest BCUT2D eigenvalue weighted by Crippen LogP contribution is 2.31. The lowest BCUT2D eigenvalue weighted by molar-refractivity contribution is 0.278. The Hall–Kier alpha value is -1.71. The van der Waals surface area contributed by atoms with Gasteiger partial charge in [0.05, 0.1) is 23.1 Å². The largest absolute Gasteiger partial charge is 0.397 e. The summed E-state index contributed by atoms with van der Waals surface area (Å²) in [7, 11) is 0. The number of H-pyrrole nitrogens is 1. The number of hydrogen-bond donors (Lipinski definition) is 3. The monoisotopic (exact) mass is 272 g/mol. The fourth-order valence-electron chi connectivity index (χ4n) is 3.26. The van der Waals surface area contributed by atoms with Crippen molar-refractivity contribution in [3.63, 3.8) is 0 Å². The highest BCUT2D eigenvalue weighted by atomic mass is 15.1. The SMILES string of the molecule is CCC1CCC(CNc2cc3[nH]ncc3cc2N)CC1. The zero-order valence-electron chi connectivity index (χ0n) is 12.2. The van der Waals surface area contributed by atoms with Crippen LogP contribution < -0.4 is 11.1 Å². The van der Waals surface area contributed by atoms with Crippen LogP contribution >= 0.6 is 0 Å². The van der Waals surface area contributed by atoms with Crippen molar-refractivity contribution in [2.45, 2.75) is 39.0 Å². The first kappa shape index (κ1) is 13.3. The first-order valence-electron chi connectivity index (χ1n) is 7.72. The Morgan fingerprint density at radius 2 is 2.00 bits per heavy atom. The normalized spacial score (nSPS) is 23.1. The van der Waals surface area contributed by atoms with Crippen LogP contribution in [-0.2, 0) is 0 Å². The van der Waals surface area contributed by atoms with Crippen LogP contribution in [0.25, 0.3) is 10.9 Å². The summed E-state index contributed by atoms with van der Waals surface area (Å²) < 4.78 is 0. The number of rotatable bonds is 4. The van der Waals surface area contributed by atoms with Crippen LogP contribution in [0.15, 0.2) is 18.3 Å². The maximum Gasteiger partial charge on any atom is 0.0672 e. The molecule has 0 bridgehead atoms. The Labute approximate surface area is 120 Å². The number of nitrogens with one attached hydrogen (secondary N) is 2. The van der Waals surface area contributed by atoms with Crippen molar-refractivity contribution in [2.24, 2.45) is 11.8 Å². The first-order chi connectivity index (χ1) is 9.76. The number of hydrogen-bond acceptors (Lipinski definition) is 3. The summed E-state index contributed by atoms with van der Waals surface area (Å²) in [5, 5.41) is 11.6. The minimum Gasteiger partial charge on any atom is -0.397 e. The molecule has 0 saturated heterocycles. The second-order valence-corrected chi connectivity index (χ2v) is 6.07. The second kappa shape index (κ2) is 5.73. The molecule has 1 heterocycles. The van der Waals surface area contributed by atoms with E-state index in [1.807, 2.05) is 12.3 Å². The average molecular weight is 272 g/mol. The van der Waals surface area contributed by atoms with Crippen molar-refractivity contribution in [3.8, 4) is 0 Å². The van der Waals surface area contributed by atoms with Gasteiger partial charge in [0.25, 0.3) is 0 Å². The average Bonchev–Trinajstić information content (AvgIpc) is 2.92. The molecule has 1 aromatic heterocycles. The van der Waals surface area contributed by atoms with Gasteiger partial charge in [0, 0.05) is 11.9 Å². The molecule has 1 saturated carbocycles. The molecule has 1 aromatic carbocycles. The quantitative estimate of drug-likeness (QED) is 0.742. The highest BCUT2D eigenvalue weighted by molar-refractivity contribution is 5.88. The van der Waals surface area contributed by atoms with E-state index in [4.69, 9.17) is 5.73 Å². The number of anilines is 2. The van der Waals surface area contributed by atoms with Gasteiger partial charge in [0.15, 0.2) is 0 Å². The van der Waals surface area contributed by atoms with E-state index < -0.39 is 0 Å². The molecule has 4 heteroatoms. The zero-order chi connectivity index (χ0) is 13.9. The van der Waals surface area contributed by atoms with Gasteiger partial charge in [-0.1, -0.05) is 26.2 Å². The van der Waals surface area contributed by atoms with Crippen LogP contribution in [0, 0.1) is 11.8 Å². The smallest absolute Gasteiger partial charge is 0.0672 e. The second-order valence-electron chi connectivity index (χ2n) is 6.07. The summed E-state index contributed by atoms with van der Waals surface area (Å²) in [6, 6.07) is 4.05. The molecule has 3 rings (SSSR count). The van der Waals surface area contributed by atoms with Crippen LogP contribution in [0.3, 0.4) is 0 Å². The van der Waals surface area contributed by atoms with Crippen molar-refractivity contribution < 1.29 is 0 Å². The van der Waals surface area contributed by atoms with Gasteiger partial charge in [-0.05, 0) is 36.8 Å². The molecule has 4 nitrogen and oxygen atoms in total. The Kier molecular flexibility index (Phi) is 3.81. The van der Waals surface area contributed by atoms with Gasteiger partial charge in [-0.25, -0.2) is 0 Å². The molecule has 0 aliphatic heterocycles. The molecule has 1 aliphatic rings. The van der Waals surface area contributed by atoms with Gasteiger partial charge in [-0.15, -0.1) is 0 Å². The van der Waals surface area contributed by atoms with E-state index in [1.165, 1.54) is 32.1 Å². The molecule has 0 spiro atoms. The first-order valence-corrected chi connectivity index (χ1v) is 7.72. The summed E-state index contributed by atoms with van der Waals surface area (Å²) in [4.78, 5) is 0. The number of benzene rings is 1. The van der Waals surface area contributed by atoms with E-state index in [2.05, 4.69) is 28.5 Å². The topological polar surface area (TPSA) is 66.7 Å². The summed E-state index contributed by atoms with van der Waals surface area (Å²) >= 11 is 0. The molecule has 0 radical (unpaired) electrons. The third-order valence-corrected chi connectivity index (χ3v) is 4.74. The fraction of sp³-hybridized carbons (Fsp3) is 0.562. The predicted molar refractivity (Wildman–Crippen MR) is 84.7 cm³/mol. The maximum absolute atomic E-state index is 6.10. The van der Waals surface area contributed by atoms with Crippen LogP contribution in [0.4, 0.5) is 11.4 Å². The maximum atomic E-state index is 6.10. The number of aromatic nitrogens is 2. The summed E-state index contributed by atoms with van der Waals surface area (Å²) in [6.07, 6.45) is 8.61. The lowest BCUT2D eigenvalue weighted by Crippen LogP contribution is -2.21. The van der Waals surface area contributed by atoms with Crippen LogP contribution in [0.5, 0.6) is 0 Å². The van der Waals surface area contributed by atoms with Gasteiger partial charge in [0.1, 0.15) is 0 Å². The van der Waals surface area contributed by atoms with E-state index in [0.29, 0.717) is 0 Å². The van der Waals surface area contributed by atoms with Crippen LogP contribution in [0.1, 0.15) is 39.0 Å². The summed E-state index contributed by atoms with van der Waals surface area (Å²) in [6.45, 7) is 3.34. The number of aromatic amines is 1. The standard InChI is InChI=1S/C16H24N4/c1-2-11-3-5-12(6-4-11)9-18-16-8-15-13(7-14(16)17)10-19-20-15/h7-8,10-12,18H,2-6,9,17H2,1H3,(H,19,20). The Bertz CT molecular complexity index is 567.